The zero-order chi connectivity index (χ0) is 18.7. The predicted octanol–water partition coefficient (Wildman–Crippen LogP) is 0.339. The van der Waals surface area contributed by atoms with Crippen LogP contribution in [-0.4, -0.2) is 45.9 Å². The minimum Gasteiger partial charge on any atom is -0.368 e. The Morgan fingerprint density at radius 2 is 2.11 bits per heavy atom. The largest absolute Gasteiger partial charge is 0.368 e. The molecule has 146 valence electrons. The van der Waals surface area contributed by atoms with E-state index in [-0.39, 0.29) is 36.6 Å². The number of nitrogens with two attached hydrogens (primary N) is 1. The summed E-state index contributed by atoms with van der Waals surface area (Å²) < 4.78 is 27.9. The Balaban J connectivity index is 0.00000261. The molecule has 8 nitrogen and oxygen atoms in total. The zero-order valence-electron chi connectivity index (χ0n) is 14.2. The predicted molar refractivity (Wildman–Crippen MR) is 94.3 cm³/mol. The van der Waals surface area contributed by atoms with E-state index in [1.165, 1.54) is 16.9 Å². The molecule has 11 heteroatoms. The van der Waals surface area contributed by atoms with Crippen molar-refractivity contribution in [2.24, 2.45) is 5.73 Å². The number of piperidine rings is 1. The van der Waals surface area contributed by atoms with E-state index in [9.17, 15) is 18.4 Å². The van der Waals surface area contributed by atoms with Crippen LogP contribution in [0, 0.1) is 11.6 Å². The normalized spacial score (nSPS) is 19.2. The molecule has 1 aliphatic rings. The lowest BCUT2D eigenvalue weighted by Crippen LogP contribution is -2.50. The molecule has 1 saturated heterocycles. The van der Waals surface area contributed by atoms with Crippen LogP contribution < -0.4 is 16.4 Å². The van der Waals surface area contributed by atoms with Gasteiger partial charge >= 0.3 is 0 Å². The van der Waals surface area contributed by atoms with E-state index in [2.05, 4.69) is 20.9 Å². The van der Waals surface area contributed by atoms with Crippen LogP contribution in [0.1, 0.15) is 28.4 Å². The number of amides is 2. The van der Waals surface area contributed by atoms with Gasteiger partial charge in [0.05, 0.1) is 6.20 Å². The number of aromatic nitrogens is 3. The smallest absolute Gasteiger partial charge is 0.273 e. The van der Waals surface area contributed by atoms with E-state index in [0.29, 0.717) is 25.1 Å². The van der Waals surface area contributed by atoms with Crippen LogP contribution in [0.15, 0.2) is 24.4 Å². The molecule has 1 fully saturated rings. The Kier molecular flexibility index (Phi) is 6.81. The standard InChI is InChI=1S/C16H18F2N6O2.ClH/c17-11-2-1-9(5-12(11)18)10-3-4-20-6-13(10)21-16(26)14-7-24(23-22-14)8-15(19)25;/h1-2,5,7,10,13,20H,3-4,6,8H2,(H2,19,25)(H,21,26);1H. The summed E-state index contributed by atoms with van der Waals surface area (Å²) in [7, 11) is 0. The number of halogens is 3. The second-order valence-corrected chi connectivity index (χ2v) is 6.12. The van der Waals surface area contributed by atoms with Crippen molar-refractivity contribution in [1.82, 2.24) is 25.6 Å². The second kappa shape index (κ2) is 8.87. The first-order chi connectivity index (χ1) is 12.4. The number of benzene rings is 1. The van der Waals surface area contributed by atoms with E-state index in [4.69, 9.17) is 5.73 Å². The number of hydrogen-bond acceptors (Lipinski definition) is 5. The zero-order valence-corrected chi connectivity index (χ0v) is 15.0. The Labute approximate surface area is 159 Å². The Morgan fingerprint density at radius 1 is 1.33 bits per heavy atom. The molecule has 1 aliphatic heterocycles. The molecule has 0 saturated carbocycles. The van der Waals surface area contributed by atoms with Crippen molar-refractivity contribution in [3.8, 4) is 0 Å². The van der Waals surface area contributed by atoms with Gasteiger partial charge in [0, 0.05) is 18.5 Å². The van der Waals surface area contributed by atoms with Gasteiger partial charge in [0.15, 0.2) is 17.3 Å². The molecule has 0 spiro atoms. The molecular weight excluding hydrogens is 382 g/mol. The first-order valence-corrected chi connectivity index (χ1v) is 8.09. The molecule has 2 amide bonds. The van der Waals surface area contributed by atoms with Gasteiger partial charge in [0.1, 0.15) is 6.54 Å². The fraction of sp³-hybridized carbons (Fsp3) is 0.375. The van der Waals surface area contributed by atoms with Gasteiger partial charge in [-0.15, -0.1) is 17.5 Å². The summed E-state index contributed by atoms with van der Waals surface area (Å²) in [4.78, 5) is 23.3. The van der Waals surface area contributed by atoms with Crippen molar-refractivity contribution in [2.75, 3.05) is 13.1 Å². The van der Waals surface area contributed by atoms with Gasteiger partial charge in [-0.1, -0.05) is 11.3 Å². The van der Waals surface area contributed by atoms with Gasteiger partial charge in [-0.3, -0.25) is 9.59 Å². The number of nitrogens with one attached hydrogen (secondary N) is 2. The molecule has 2 atom stereocenters. The SMILES string of the molecule is Cl.NC(=O)Cn1cc(C(=O)NC2CNCCC2c2ccc(F)c(F)c2)nn1. The van der Waals surface area contributed by atoms with Gasteiger partial charge in [0.2, 0.25) is 5.91 Å². The number of carbonyl (C=O) groups excluding carboxylic acids is 2. The maximum atomic E-state index is 13.6. The summed E-state index contributed by atoms with van der Waals surface area (Å²) in [6.45, 7) is 0.998. The van der Waals surface area contributed by atoms with Gasteiger partial charge in [-0.05, 0) is 30.7 Å². The van der Waals surface area contributed by atoms with Gasteiger partial charge in [0.25, 0.3) is 5.91 Å². The molecule has 2 aromatic rings. The van der Waals surface area contributed by atoms with Crippen molar-refractivity contribution < 1.29 is 18.4 Å². The van der Waals surface area contributed by atoms with E-state index < -0.39 is 23.4 Å². The average molecular weight is 401 g/mol. The molecule has 0 bridgehead atoms. The molecule has 3 rings (SSSR count). The summed E-state index contributed by atoms with van der Waals surface area (Å²) in [5.41, 5.74) is 5.73. The molecule has 27 heavy (non-hydrogen) atoms. The highest BCUT2D eigenvalue weighted by Crippen LogP contribution is 2.27. The maximum Gasteiger partial charge on any atom is 0.273 e. The Morgan fingerprint density at radius 3 is 2.81 bits per heavy atom. The lowest BCUT2D eigenvalue weighted by Gasteiger charge is -2.33. The highest BCUT2D eigenvalue weighted by molar-refractivity contribution is 5.92. The van der Waals surface area contributed by atoms with Crippen LogP contribution in [0.3, 0.4) is 0 Å². The highest BCUT2D eigenvalue weighted by atomic mass is 35.5. The summed E-state index contributed by atoms with van der Waals surface area (Å²) >= 11 is 0. The number of primary amides is 1. The lowest BCUT2D eigenvalue weighted by molar-refractivity contribution is -0.118. The molecule has 0 radical (unpaired) electrons. The van der Waals surface area contributed by atoms with Gasteiger partial charge in [-0.25, -0.2) is 13.5 Å². The summed E-state index contributed by atoms with van der Waals surface area (Å²) in [6.07, 6.45) is 1.98. The van der Waals surface area contributed by atoms with Gasteiger partial charge in [-0.2, -0.15) is 0 Å². The number of carbonyl (C=O) groups is 2. The van der Waals surface area contributed by atoms with E-state index in [0.717, 1.165) is 12.1 Å². The minimum absolute atomic E-state index is 0. The molecule has 2 unspecified atom stereocenters. The first-order valence-electron chi connectivity index (χ1n) is 8.09. The summed E-state index contributed by atoms with van der Waals surface area (Å²) in [5.74, 6) is -3.07. The molecular formula is C16H19ClF2N6O2. The molecule has 1 aromatic heterocycles. The van der Waals surface area contributed by atoms with Crippen LogP contribution in [0.5, 0.6) is 0 Å². The molecule has 1 aromatic carbocycles. The van der Waals surface area contributed by atoms with E-state index in [1.807, 2.05) is 0 Å². The second-order valence-electron chi connectivity index (χ2n) is 6.12. The van der Waals surface area contributed by atoms with Crippen molar-refractivity contribution >= 4 is 24.2 Å². The first kappa shape index (κ1) is 20.7. The van der Waals surface area contributed by atoms with Crippen LogP contribution in [0.2, 0.25) is 0 Å². The van der Waals surface area contributed by atoms with Crippen LogP contribution >= 0.6 is 12.4 Å². The maximum absolute atomic E-state index is 13.6. The number of hydrogen-bond donors (Lipinski definition) is 3. The minimum atomic E-state index is -0.916. The number of nitrogens with zero attached hydrogens (tertiary/aromatic N) is 3. The Hall–Kier alpha value is -2.59. The van der Waals surface area contributed by atoms with Crippen molar-refractivity contribution in [3.63, 3.8) is 0 Å². The highest BCUT2D eigenvalue weighted by Gasteiger charge is 2.29. The summed E-state index contributed by atoms with van der Waals surface area (Å²) in [6, 6.07) is 3.44. The lowest BCUT2D eigenvalue weighted by atomic mass is 9.86. The van der Waals surface area contributed by atoms with E-state index >= 15 is 0 Å². The van der Waals surface area contributed by atoms with Crippen LogP contribution in [0.25, 0.3) is 0 Å². The molecule has 0 aliphatic carbocycles. The fourth-order valence-corrected chi connectivity index (χ4v) is 3.03. The number of rotatable bonds is 5. The quantitative estimate of drug-likeness (QED) is 0.669. The van der Waals surface area contributed by atoms with Crippen molar-refractivity contribution in [1.29, 1.82) is 0 Å². The monoisotopic (exact) mass is 400 g/mol. The average Bonchev–Trinajstić information content (AvgIpc) is 3.06. The summed E-state index contributed by atoms with van der Waals surface area (Å²) in [5, 5.41) is 13.4. The van der Waals surface area contributed by atoms with Gasteiger partial charge < -0.3 is 16.4 Å². The third kappa shape index (κ3) is 4.98. The van der Waals surface area contributed by atoms with Crippen LogP contribution in [0.4, 0.5) is 8.78 Å². The topological polar surface area (TPSA) is 115 Å². The molecule has 4 N–H and O–H groups in total. The van der Waals surface area contributed by atoms with E-state index in [1.54, 1.807) is 0 Å². The van der Waals surface area contributed by atoms with Crippen molar-refractivity contribution in [2.45, 2.75) is 24.9 Å². The fourth-order valence-electron chi connectivity index (χ4n) is 3.03. The van der Waals surface area contributed by atoms with Crippen molar-refractivity contribution in [3.05, 3.63) is 47.3 Å². The molecule has 2 heterocycles. The van der Waals surface area contributed by atoms with Crippen LogP contribution in [-0.2, 0) is 11.3 Å². The third-order valence-corrected chi connectivity index (χ3v) is 4.26. The third-order valence-electron chi connectivity index (χ3n) is 4.26. The Bertz CT molecular complexity index is 831.